The van der Waals surface area contributed by atoms with Gasteiger partial charge in [0.25, 0.3) is 11.8 Å². The summed E-state index contributed by atoms with van der Waals surface area (Å²) in [7, 11) is 1.45. The molecule has 3 aliphatic rings. The van der Waals surface area contributed by atoms with E-state index in [1.165, 1.54) is 7.05 Å². The molecule has 11 nitrogen and oxygen atoms in total. The molecule has 230 valence electrons. The van der Waals surface area contributed by atoms with Crippen LogP contribution < -0.4 is 10.2 Å². The molecule has 3 aliphatic heterocycles. The average Bonchev–Trinajstić information content (AvgIpc) is 3.21. The van der Waals surface area contributed by atoms with Crippen molar-refractivity contribution in [3.05, 3.63) is 29.3 Å². The molecule has 0 aromatic heterocycles. The van der Waals surface area contributed by atoms with Crippen LogP contribution in [0.15, 0.2) is 18.2 Å². The molecule has 0 saturated carbocycles. The van der Waals surface area contributed by atoms with Gasteiger partial charge in [0, 0.05) is 58.4 Å². The zero-order valence-corrected chi connectivity index (χ0v) is 25.4. The van der Waals surface area contributed by atoms with Crippen molar-refractivity contribution in [3.63, 3.8) is 0 Å². The number of benzene rings is 1. The van der Waals surface area contributed by atoms with Crippen LogP contribution in [0, 0.1) is 5.92 Å². The molecule has 1 atom stereocenters. The minimum Gasteiger partial charge on any atom is -0.444 e. The molecule has 0 spiro atoms. The second-order valence-electron chi connectivity index (χ2n) is 12.5. The van der Waals surface area contributed by atoms with Crippen molar-refractivity contribution in [3.8, 4) is 0 Å². The Hall–Kier alpha value is -3.47. The van der Waals surface area contributed by atoms with Crippen LogP contribution in [0.4, 0.5) is 10.5 Å². The third kappa shape index (κ3) is 7.48. The van der Waals surface area contributed by atoms with Crippen LogP contribution in [0.3, 0.4) is 0 Å². The summed E-state index contributed by atoms with van der Waals surface area (Å²) >= 11 is 0. The van der Waals surface area contributed by atoms with E-state index in [-0.39, 0.29) is 18.9 Å². The van der Waals surface area contributed by atoms with Crippen LogP contribution in [0.2, 0.25) is 0 Å². The highest BCUT2D eigenvalue weighted by Gasteiger charge is 2.42. The highest BCUT2D eigenvalue weighted by atomic mass is 16.6. The summed E-state index contributed by atoms with van der Waals surface area (Å²) in [5.74, 6) is -0.820. The van der Waals surface area contributed by atoms with E-state index in [0.29, 0.717) is 23.3 Å². The second-order valence-corrected chi connectivity index (χ2v) is 12.5. The molecule has 1 aromatic carbocycles. The van der Waals surface area contributed by atoms with E-state index >= 15 is 0 Å². The van der Waals surface area contributed by atoms with E-state index in [1.54, 1.807) is 12.1 Å². The quantitative estimate of drug-likeness (QED) is 0.330. The Kier molecular flexibility index (Phi) is 10.2. The number of piperazine rings is 1. The molecule has 11 heteroatoms. The number of imide groups is 1. The first-order valence-corrected chi connectivity index (χ1v) is 15.1. The first-order valence-electron chi connectivity index (χ1n) is 15.1. The fourth-order valence-corrected chi connectivity index (χ4v) is 6.06. The lowest BCUT2D eigenvalue weighted by molar-refractivity contribution is -0.124. The van der Waals surface area contributed by atoms with Crippen molar-refractivity contribution in [2.24, 2.45) is 5.92 Å². The van der Waals surface area contributed by atoms with Crippen molar-refractivity contribution in [1.29, 1.82) is 0 Å². The number of carbonyl (C=O) groups excluding carboxylic acids is 5. The summed E-state index contributed by atoms with van der Waals surface area (Å²) in [5, 5.41) is 2.50. The lowest BCUT2D eigenvalue weighted by atomic mass is 9.92. The number of amides is 4. The Bertz CT molecular complexity index is 1160. The van der Waals surface area contributed by atoms with Gasteiger partial charge in [-0.15, -0.1) is 0 Å². The highest BCUT2D eigenvalue weighted by molar-refractivity contribution is 6.23. The number of rotatable bonds is 10. The Morgan fingerprint density at radius 2 is 1.69 bits per heavy atom. The first-order chi connectivity index (χ1) is 20.0. The first kappa shape index (κ1) is 31.5. The van der Waals surface area contributed by atoms with Gasteiger partial charge in [0.15, 0.2) is 0 Å². The molecule has 2 saturated heterocycles. The van der Waals surface area contributed by atoms with Crippen LogP contribution >= 0.6 is 0 Å². The Morgan fingerprint density at radius 1 is 1.02 bits per heavy atom. The van der Waals surface area contributed by atoms with Gasteiger partial charge in [-0.3, -0.25) is 24.2 Å². The second kappa shape index (κ2) is 13.7. The molecule has 0 aliphatic carbocycles. The van der Waals surface area contributed by atoms with Crippen molar-refractivity contribution in [1.82, 2.24) is 20.0 Å². The number of hydrogen-bond donors (Lipinski definition) is 1. The number of ether oxygens (including phenoxy) is 1. The number of nitrogens with zero attached hydrogens (tertiary/aromatic N) is 4. The number of nitrogens with one attached hydrogen (secondary N) is 1. The van der Waals surface area contributed by atoms with E-state index < -0.39 is 29.4 Å². The van der Waals surface area contributed by atoms with E-state index in [2.05, 4.69) is 15.1 Å². The van der Waals surface area contributed by atoms with Gasteiger partial charge in [-0.2, -0.15) is 0 Å². The van der Waals surface area contributed by atoms with Crippen molar-refractivity contribution >= 4 is 35.8 Å². The highest BCUT2D eigenvalue weighted by Crippen LogP contribution is 2.30. The normalized spacial score (nSPS) is 19.1. The number of likely N-dealkylation sites (tertiary alicyclic amines) is 1. The molecule has 42 heavy (non-hydrogen) atoms. The van der Waals surface area contributed by atoms with Gasteiger partial charge in [0.2, 0.25) is 5.91 Å². The molecule has 2 fully saturated rings. The molecule has 1 unspecified atom stereocenters. The lowest BCUT2D eigenvalue weighted by Gasteiger charge is -2.37. The number of fused-ring (bicyclic) bond motifs is 1. The summed E-state index contributed by atoms with van der Waals surface area (Å²) in [5.41, 5.74) is 1.01. The van der Waals surface area contributed by atoms with Gasteiger partial charge in [0.05, 0.1) is 11.1 Å². The largest absolute Gasteiger partial charge is 0.444 e. The van der Waals surface area contributed by atoms with E-state index in [0.717, 1.165) is 82.1 Å². The Labute approximate surface area is 248 Å². The maximum absolute atomic E-state index is 13.3. The zero-order valence-electron chi connectivity index (χ0n) is 25.4. The van der Waals surface area contributed by atoms with Gasteiger partial charge in [-0.25, -0.2) is 4.79 Å². The van der Waals surface area contributed by atoms with Crippen molar-refractivity contribution in [2.75, 3.05) is 57.8 Å². The van der Waals surface area contributed by atoms with Gasteiger partial charge in [0.1, 0.15) is 17.9 Å². The lowest BCUT2D eigenvalue weighted by Crippen LogP contribution is -2.48. The third-order valence-electron chi connectivity index (χ3n) is 8.41. The van der Waals surface area contributed by atoms with Crippen molar-refractivity contribution in [2.45, 2.75) is 70.9 Å². The summed E-state index contributed by atoms with van der Waals surface area (Å²) in [4.78, 5) is 69.5. The molecular formula is C31H45N5O6. The monoisotopic (exact) mass is 583 g/mol. The van der Waals surface area contributed by atoms with E-state index in [4.69, 9.17) is 4.74 Å². The molecule has 4 amide bonds. The molecule has 1 N–H and O–H groups in total. The maximum Gasteiger partial charge on any atom is 0.410 e. The number of piperidine rings is 1. The number of anilines is 1. The molecule has 4 rings (SSSR count). The van der Waals surface area contributed by atoms with Crippen LogP contribution in [-0.4, -0.2) is 109 Å². The number of likely N-dealkylation sites (N-methyl/N-ethyl adjacent to an activating group) is 1. The summed E-state index contributed by atoms with van der Waals surface area (Å²) < 4.78 is 5.50. The SMILES string of the molecule is CNC(=O)C(CCC=O)N1C(=O)c2ccc(N3CCN(CCCC4CCN(C(=O)OC(C)(C)C)CC4)CC3)cc2C1=O. The van der Waals surface area contributed by atoms with Crippen LogP contribution in [0.1, 0.15) is 80.0 Å². The topological polar surface area (TPSA) is 120 Å². The standard InChI is InChI=1S/C31H45N5O6/c1-31(2,3)42-30(41)35-14-11-22(12-15-35)7-5-13-33-16-18-34(19-17-33)23-9-10-24-25(21-23)29(40)36(28(24)39)26(8-6-20-37)27(38)32-4/h9-10,20-22,26H,5-8,11-19H2,1-4H3,(H,32,38). The average molecular weight is 584 g/mol. The van der Waals surface area contributed by atoms with Gasteiger partial charge < -0.3 is 24.6 Å². The van der Waals surface area contributed by atoms with Crippen molar-refractivity contribution < 1.29 is 28.7 Å². The Balaban J connectivity index is 1.24. The molecule has 3 heterocycles. The molecule has 0 bridgehead atoms. The molecular weight excluding hydrogens is 538 g/mol. The predicted octanol–water partition coefficient (Wildman–Crippen LogP) is 2.93. The number of carbonyl (C=O) groups is 5. The maximum atomic E-state index is 13.3. The van der Waals surface area contributed by atoms with Crippen LogP contribution in [0.5, 0.6) is 0 Å². The number of hydrogen-bond acceptors (Lipinski definition) is 8. The minimum atomic E-state index is -1.02. The summed E-state index contributed by atoms with van der Waals surface area (Å²) in [6.45, 7) is 11.7. The Morgan fingerprint density at radius 3 is 2.31 bits per heavy atom. The third-order valence-corrected chi connectivity index (χ3v) is 8.41. The molecule has 1 aromatic rings. The van der Waals surface area contributed by atoms with Gasteiger partial charge in [-0.05, 0) is 83.5 Å². The zero-order chi connectivity index (χ0) is 30.4. The fourth-order valence-electron chi connectivity index (χ4n) is 6.06. The van der Waals surface area contributed by atoms with E-state index in [9.17, 15) is 24.0 Å². The smallest absolute Gasteiger partial charge is 0.410 e. The van der Waals surface area contributed by atoms with Crippen LogP contribution in [0.25, 0.3) is 0 Å². The molecule has 0 radical (unpaired) electrons. The summed E-state index contributed by atoms with van der Waals surface area (Å²) in [6.07, 6.45) is 4.96. The minimum absolute atomic E-state index is 0.0778. The van der Waals surface area contributed by atoms with Gasteiger partial charge in [-0.1, -0.05) is 0 Å². The summed E-state index contributed by atoms with van der Waals surface area (Å²) in [6, 6.07) is 4.28. The van der Waals surface area contributed by atoms with Crippen LogP contribution in [-0.2, 0) is 14.3 Å². The van der Waals surface area contributed by atoms with E-state index in [1.807, 2.05) is 31.7 Å². The van der Waals surface area contributed by atoms with Gasteiger partial charge >= 0.3 is 6.09 Å². The number of aldehydes is 1. The predicted molar refractivity (Wildman–Crippen MR) is 159 cm³/mol. The fraction of sp³-hybridized carbons (Fsp3) is 0.645.